The molecule has 0 bridgehead atoms. The molecule has 25 heavy (non-hydrogen) atoms. The van der Waals surface area contributed by atoms with Crippen molar-refractivity contribution in [2.45, 2.75) is 20.3 Å². The third-order valence-corrected chi connectivity index (χ3v) is 3.62. The van der Waals surface area contributed by atoms with Gasteiger partial charge < -0.3 is 4.42 Å². The fourth-order valence-corrected chi connectivity index (χ4v) is 2.45. The van der Waals surface area contributed by atoms with Crippen LogP contribution < -0.4 is 5.43 Å². The van der Waals surface area contributed by atoms with Crippen LogP contribution >= 0.6 is 0 Å². The summed E-state index contributed by atoms with van der Waals surface area (Å²) in [6.07, 6.45) is 4.02. The standard InChI is InChI=1S/C19H20N4O2/c1-13(2)10-14-5-7-15(8-6-14)17-11-18(22-21-17)19(24)23-20-12-16-4-3-9-25-16/h3-9,11-13H,10H2,1-2H3,(H,21,22)(H,23,24)/b20-12-. The molecule has 0 saturated heterocycles. The number of carbonyl (C=O) groups excluding carboxylic acids is 1. The normalized spacial score (nSPS) is 11.3. The number of H-pyrrole nitrogens is 1. The van der Waals surface area contributed by atoms with Gasteiger partial charge in [-0.2, -0.15) is 10.2 Å². The lowest BCUT2D eigenvalue weighted by molar-refractivity contribution is 0.0950. The van der Waals surface area contributed by atoms with Crippen molar-refractivity contribution in [3.8, 4) is 11.3 Å². The second-order valence-corrected chi connectivity index (χ2v) is 6.18. The van der Waals surface area contributed by atoms with E-state index in [2.05, 4.69) is 46.7 Å². The number of amides is 1. The zero-order valence-corrected chi connectivity index (χ0v) is 14.2. The number of hydrogen-bond donors (Lipinski definition) is 2. The Morgan fingerprint density at radius 3 is 2.80 bits per heavy atom. The summed E-state index contributed by atoms with van der Waals surface area (Å²) in [6.45, 7) is 4.39. The second-order valence-electron chi connectivity index (χ2n) is 6.18. The zero-order valence-electron chi connectivity index (χ0n) is 14.2. The largest absolute Gasteiger partial charge is 0.463 e. The third kappa shape index (κ3) is 4.44. The van der Waals surface area contributed by atoms with E-state index in [1.807, 2.05) is 12.1 Å². The Balaban J connectivity index is 1.64. The molecule has 3 aromatic rings. The highest BCUT2D eigenvalue weighted by Gasteiger charge is 2.10. The summed E-state index contributed by atoms with van der Waals surface area (Å²) < 4.78 is 5.10. The van der Waals surface area contributed by atoms with Gasteiger partial charge >= 0.3 is 0 Å². The predicted molar refractivity (Wildman–Crippen MR) is 96.3 cm³/mol. The van der Waals surface area contributed by atoms with E-state index in [0.29, 0.717) is 17.4 Å². The van der Waals surface area contributed by atoms with Crippen LogP contribution in [0.1, 0.15) is 35.7 Å². The monoisotopic (exact) mass is 336 g/mol. The minimum Gasteiger partial charge on any atom is -0.463 e. The SMILES string of the molecule is CC(C)Cc1ccc(-c2cc(C(=O)N/N=C\c3ccco3)[nH]n2)cc1. The number of nitrogens with one attached hydrogen (secondary N) is 2. The Morgan fingerprint density at radius 1 is 1.32 bits per heavy atom. The number of hydrazone groups is 1. The van der Waals surface area contributed by atoms with Crippen LogP contribution in [0.5, 0.6) is 0 Å². The first-order chi connectivity index (χ1) is 12.1. The number of rotatable bonds is 6. The lowest BCUT2D eigenvalue weighted by Crippen LogP contribution is -2.17. The first kappa shape index (κ1) is 16.7. The number of aromatic nitrogens is 2. The molecule has 2 N–H and O–H groups in total. The van der Waals surface area contributed by atoms with Crippen LogP contribution in [0.4, 0.5) is 0 Å². The average Bonchev–Trinajstić information content (AvgIpc) is 3.26. The minimum atomic E-state index is -0.363. The Kier molecular flexibility index (Phi) is 5.09. The van der Waals surface area contributed by atoms with Crippen molar-refractivity contribution in [2.75, 3.05) is 0 Å². The summed E-state index contributed by atoms with van der Waals surface area (Å²) in [5.41, 5.74) is 5.75. The highest BCUT2D eigenvalue weighted by molar-refractivity contribution is 5.93. The van der Waals surface area contributed by atoms with Crippen LogP contribution in [0, 0.1) is 5.92 Å². The van der Waals surface area contributed by atoms with E-state index >= 15 is 0 Å². The average molecular weight is 336 g/mol. The van der Waals surface area contributed by atoms with Gasteiger partial charge in [-0.05, 0) is 36.1 Å². The van der Waals surface area contributed by atoms with Crippen LogP contribution in [0.2, 0.25) is 0 Å². The first-order valence-electron chi connectivity index (χ1n) is 8.13. The molecule has 0 aliphatic heterocycles. The number of nitrogens with zero attached hydrogens (tertiary/aromatic N) is 2. The summed E-state index contributed by atoms with van der Waals surface area (Å²) in [7, 11) is 0. The van der Waals surface area contributed by atoms with Crippen LogP contribution in [0.3, 0.4) is 0 Å². The molecule has 128 valence electrons. The molecule has 6 heteroatoms. The van der Waals surface area contributed by atoms with Crippen LogP contribution in [0.25, 0.3) is 11.3 Å². The molecule has 2 heterocycles. The third-order valence-electron chi connectivity index (χ3n) is 3.62. The van der Waals surface area contributed by atoms with Crippen LogP contribution in [-0.2, 0) is 6.42 Å². The molecule has 1 amide bonds. The Hall–Kier alpha value is -3.15. The molecular formula is C19H20N4O2. The fraction of sp³-hybridized carbons (Fsp3) is 0.211. The maximum Gasteiger partial charge on any atom is 0.289 e. The molecule has 6 nitrogen and oxygen atoms in total. The number of aromatic amines is 1. The summed E-state index contributed by atoms with van der Waals surface area (Å²) in [5, 5.41) is 10.8. The fourth-order valence-electron chi connectivity index (χ4n) is 2.45. The summed E-state index contributed by atoms with van der Waals surface area (Å²) in [4.78, 5) is 12.1. The number of benzene rings is 1. The summed E-state index contributed by atoms with van der Waals surface area (Å²) in [6, 6.07) is 13.4. The van der Waals surface area contributed by atoms with Crippen molar-refractivity contribution in [3.63, 3.8) is 0 Å². The van der Waals surface area contributed by atoms with Gasteiger partial charge in [-0.1, -0.05) is 38.1 Å². The van der Waals surface area contributed by atoms with E-state index in [1.54, 1.807) is 18.2 Å². The molecule has 0 aliphatic carbocycles. The topological polar surface area (TPSA) is 83.3 Å². The van der Waals surface area contributed by atoms with Crippen molar-refractivity contribution in [1.82, 2.24) is 15.6 Å². The van der Waals surface area contributed by atoms with Gasteiger partial charge in [0.25, 0.3) is 5.91 Å². The second kappa shape index (κ2) is 7.61. The smallest absolute Gasteiger partial charge is 0.289 e. The van der Waals surface area contributed by atoms with Gasteiger partial charge in [0.2, 0.25) is 0 Å². The molecule has 0 radical (unpaired) electrons. The molecule has 0 aliphatic rings. The van der Waals surface area contributed by atoms with Crippen LogP contribution in [0.15, 0.2) is 58.2 Å². The molecular weight excluding hydrogens is 316 g/mol. The maximum atomic E-state index is 12.1. The molecule has 0 fully saturated rings. The lowest BCUT2D eigenvalue weighted by atomic mass is 10.0. The molecule has 3 rings (SSSR count). The summed E-state index contributed by atoms with van der Waals surface area (Å²) in [5.74, 6) is 0.818. The van der Waals surface area contributed by atoms with Gasteiger partial charge in [0, 0.05) is 5.56 Å². The van der Waals surface area contributed by atoms with E-state index < -0.39 is 0 Å². The Labute approximate surface area is 146 Å². The summed E-state index contributed by atoms with van der Waals surface area (Å²) >= 11 is 0. The number of carbonyl (C=O) groups is 1. The van der Waals surface area contributed by atoms with E-state index in [4.69, 9.17) is 4.42 Å². The Morgan fingerprint density at radius 2 is 2.12 bits per heavy atom. The molecule has 2 aromatic heterocycles. The van der Waals surface area contributed by atoms with Gasteiger partial charge in [0.15, 0.2) is 0 Å². The quantitative estimate of drug-likeness (QED) is 0.532. The predicted octanol–water partition coefficient (Wildman–Crippen LogP) is 3.63. The lowest BCUT2D eigenvalue weighted by Gasteiger charge is -2.05. The zero-order chi connectivity index (χ0) is 17.6. The van der Waals surface area contributed by atoms with Crippen molar-refractivity contribution in [3.05, 3.63) is 65.7 Å². The van der Waals surface area contributed by atoms with E-state index in [1.165, 1.54) is 18.0 Å². The van der Waals surface area contributed by atoms with Gasteiger partial charge in [-0.3, -0.25) is 9.89 Å². The number of furan rings is 1. The highest BCUT2D eigenvalue weighted by atomic mass is 16.3. The maximum absolute atomic E-state index is 12.1. The first-order valence-corrected chi connectivity index (χ1v) is 8.13. The molecule has 0 atom stereocenters. The van der Waals surface area contributed by atoms with Crippen molar-refractivity contribution in [1.29, 1.82) is 0 Å². The van der Waals surface area contributed by atoms with Gasteiger partial charge in [0.1, 0.15) is 11.5 Å². The molecule has 0 spiro atoms. The minimum absolute atomic E-state index is 0.345. The van der Waals surface area contributed by atoms with E-state index in [9.17, 15) is 4.79 Å². The molecule has 1 aromatic carbocycles. The van der Waals surface area contributed by atoms with Crippen molar-refractivity contribution in [2.24, 2.45) is 11.0 Å². The van der Waals surface area contributed by atoms with Gasteiger partial charge in [0.05, 0.1) is 18.2 Å². The van der Waals surface area contributed by atoms with Gasteiger partial charge in [-0.25, -0.2) is 5.43 Å². The Bertz CT molecular complexity index is 846. The molecule has 0 unspecified atom stereocenters. The van der Waals surface area contributed by atoms with Crippen molar-refractivity contribution >= 4 is 12.1 Å². The highest BCUT2D eigenvalue weighted by Crippen LogP contribution is 2.19. The van der Waals surface area contributed by atoms with Crippen molar-refractivity contribution < 1.29 is 9.21 Å². The van der Waals surface area contributed by atoms with E-state index in [0.717, 1.165) is 17.7 Å². The van der Waals surface area contributed by atoms with Crippen LogP contribution in [-0.4, -0.2) is 22.3 Å². The number of hydrogen-bond acceptors (Lipinski definition) is 4. The van der Waals surface area contributed by atoms with Gasteiger partial charge in [-0.15, -0.1) is 0 Å². The molecule has 0 saturated carbocycles. The van der Waals surface area contributed by atoms with E-state index in [-0.39, 0.29) is 5.91 Å².